The van der Waals surface area contributed by atoms with E-state index in [2.05, 4.69) is 10.6 Å². The lowest BCUT2D eigenvalue weighted by atomic mass is 9.99. The molecule has 170 valence electrons. The molecule has 2 aromatic carbocycles. The molecule has 2 heterocycles. The van der Waals surface area contributed by atoms with Crippen molar-refractivity contribution in [1.82, 2.24) is 4.31 Å². The number of hydrogen-bond donors (Lipinski definition) is 2. The molecule has 1 fully saturated rings. The summed E-state index contributed by atoms with van der Waals surface area (Å²) in [5.74, 6) is -1.24. The quantitative estimate of drug-likeness (QED) is 0.729. The maximum atomic E-state index is 13.4. The van der Waals surface area contributed by atoms with Gasteiger partial charge in [-0.1, -0.05) is 0 Å². The number of carbonyl (C=O) groups is 2. The number of fused-ring (bicyclic) bond motifs is 1. The van der Waals surface area contributed by atoms with Gasteiger partial charge in [-0.05, 0) is 62.6 Å². The topological polar surface area (TPSA) is 105 Å². The number of carbonyl (C=O) groups excluding carboxylic acids is 2. The van der Waals surface area contributed by atoms with Crippen molar-refractivity contribution < 1.29 is 27.1 Å². The Bertz CT molecular complexity index is 1170. The molecule has 32 heavy (non-hydrogen) atoms. The van der Waals surface area contributed by atoms with Crippen LogP contribution < -0.4 is 15.4 Å². The lowest BCUT2D eigenvalue weighted by Crippen LogP contribution is -2.44. The average molecular weight is 462 g/mol. The van der Waals surface area contributed by atoms with E-state index >= 15 is 0 Å². The van der Waals surface area contributed by atoms with E-state index in [0.29, 0.717) is 42.1 Å². The van der Waals surface area contributed by atoms with Crippen molar-refractivity contribution in [1.29, 1.82) is 0 Å². The second-order valence-corrected chi connectivity index (χ2v) is 9.97. The van der Waals surface area contributed by atoms with Crippen LogP contribution in [0.3, 0.4) is 0 Å². The second kappa shape index (κ2) is 8.51. The summed E-state index contributed by atoms with van der Waals surface area (Å²) in [5.41, 5.74) is 1.36. The van der Waals surface area contributed by atoms with Crippen LogP contribution in [0.2, 0.25) is 0 Å². The number of anilines is 2. The Balaban J connectivity index is 1.54. The van der Waals surface area contributed by atoms with E-state index in [1.54, 1.807) is 19.9 Å². The number of sulfonamides is 1. The first-order valence-electron chi connectivity index (χ1n) is 10.3. The molecule has 2 aliphatic heterocycles. The van der Waals surface area contributed by atoms with Gasteiger partial charge in [-0.2, -0.15) is 4.31 Å². The van der Waals surface area contributed by atoms with E-state index in [4.69, 9.17) is 4.74 Å². The summed E-state index contributed by atoms with van der Waals surface area (Å²) < 4.78 is 46.8. The van der Waals surface area contributed by atoms with Crippen molar-refractivity contribution in [2.24, 2.45) is 5.92 Å². The predicted octanol–water partition coefficient (Wildman–Crippen LogP) is 2.89. The molecule has 2 aromatic rings. The fourth-order valence-corrected chi connectivity index (χ4v) is 5.66. The molecule has 0 spiro atoms. The number of rotatable bonds is 4. The van der Waals surface area contributed by atoms with Crippen LogP contribution in [0, 0.1) is 18.7 Å². The molecule has 2 aliphatic rings. The minimum absolute atomic E-state index is 0.0415. The second-order valence-electron chi connectivity index (χ2n) is 8.06. The summed E-state index contributed by atoms with van der Waals surface area (Å²) in [7, 11) is -3.89. The monoisotopic (exact) mass is 461 g/mol. The summed E-state index contributed by atoms with van der Waals surface area (Å²) in [6.07, 6.45) is 0.360. The van der Waals surface area contributed by atoms with Gasteiger partial charge in [-0.15, -0.1) is 0 Å². The first-order chi connectivity index (χ1) is 15.1. The van der Waals surface area contributed by atoms with Crippen molar-refractivity contribution >= 4 is 33.2 Å². The number of amides is 2. The number of aryl methyl sites for hydroxylation is 1. The SMILES string of the molecule is Cc1cc2c(cc1S(=O)(=O)N1CCC[C@H](C(=O)Nc3ccc(F)cc3)C1)O[C@H](C)C(=O)N2. The lowest BCUT2D eigenvalue weighted by molar-refractivity contribution is -0.123. The van der Waals surface area contributed by atoms with Gasteiger partial charge in [0.1, 0.15) is 11.6 Å². The van der Waals surface area contributed by atoms with Crippen LogP contribution in [0.1, 0.15) is 25.3 Å². The standard InChI is InChI=1S/C22H24FN3O5S/c1-13-10-18-19(31-14(2)21(27)25-18)11-20(13)32(29,30)26-9-3-4-15(12-26)22(28)24-17-7-5-16(23)6-8-17/h5-8,10-11,14-15H,3-4,9,12H2,1-2H3,(H,24,28)(H,25,27)/t14-,15+/m1/s1. The number of nitrogens with zero attached hydrogens (tertiary/aromatic N) is 1. The normalized spacial score (nSPS) is 21.3. The minimum Gasteiger partial charge on any atom is -0.479 e. The third kappa shape index (κ3) is 4.33. The van der Waals surface area contributed by atoms with Crippen LogP contribution in [-0.2, 0) is 19.6 Å². The van der Waals surface area contributed by atoms with Gasteiger partial charge in [0.25, 0.3) is 5.91 Å². The molecule has 0 radical (unpaired) electrons. The Morgan fingerprint density at radius 2 is 1.97 bits per heavy atom. The zero-order valence-corrected chi connectivity index (χ0v) is 18.5. The van der Waals surface area contributed by atoms with Crippen molar-refractivity contribution in [2.75, 3.05) is 23.7 Å². The molecule has 10 heteroatoms. The molecule has 0 unspecified atom stereocenters. The Labute approximate surface area is 185 Å². The maximum absolute atomic E-state index is 13.4. The molecule has 0 bridgehead atoms. The molecule has 2 amide bonds. The summed E-state index contributed by atoms with van der Waals surface area (Å²) in [6, 6.07) is 8.42. The number of ether oxygens (including phenoxy) is 1. The summed E-state index contributed by atoms with van der Waals surface area (Å²) >= 11 is 0. The van der Waals surface area contributed by atoms with E-state index in [1.807, 2.05) is 0 Å². The fourth-order valence-electron chi connectivity index (χ4n) is 3.91. The van der Waals surface area contributed by atoms with Gasteiger partial charge in [0.15, 0.2) is 6.10 Å². The van der Waals surface area contributed by atoms with Crippen molar-refractivity contribution in [2.45, 2.75) is 37.7 Å². The van der Waals surface area contributed by atoms with Gasteiger partial charge in [-0.25, -0.2) is 12.8 Å². The Hall–Kier alpha value is -2.98. The van der Waals surface area contributed by atoms with Gasteiger partial charge in [0.05, 0.1) is 16.5 Å². The Morgan fingerprint density at radius 3 is 2.69 bits per heavy atom. The highest BCUT2D eigenvalue weighted by molar-refractivity contribution is 7.89. The fraction of sp³-hybridized carbons (Fsp3) is 0.364. The number of nitrogens with one attached hydrogen (secondary N) is 2. The predicted molar refractivity (Wildman–Crippen MR) is 116 cm³/mol. The van der Waals surface area contributed by atoms with Crippen LogP contribution in [0.5, 0.6) is 5.75 Å². The average Bonchev–Trinajstić information content (AvgIpc) is 2.76. The number of halogens is 1. The van der Waals surface area contributed by atoms with Crippen LogP contribution in [0.4, 0.5) is 15.8 Å². The van der Waals surface area contributed by atoms with E-state index in [1.165, 1.54) is 34.6 Å². The summed E-state index contributed by atoms with van der Waals surface area (Å²) in [5, 5.41) is 5.43. The van der Waals surface area contributed by atoms with Crippen LogP contribution in [0.15, 0.2) is 41.3 Å². The summed E-state index contributed by atoms with van der Waals surface area (Å²) in [4.78, 5) is 24.6. The molecule has 4 rings (SSSR count). The third-order valence-corrected chi connectivity index (χ3v) is 7.70. The Morgan fingerprint density at radius 1 is 1.25 bits per heavy atom. The highest BCUT2D eigenvalue weighted by Gasteiger charge is 2.35. The molecule has 2 atom stereocenters. The smallest absolute Gasteiger partial charge is 0.265 e. The van der Waals surface area contributed by atoms with Gasteiger partial charge in [-0.3, -0.25) is 9.59 Å². The molecular weight excluding hydrogens is 437 g/mol. The molecule has 0 aromatic heterocycles. The molecule has 8 nitrogen and oxygen atoms in total. The molecular formula is C22H24FN3O5S. The first-order valence-corrected chi connectivity index (χ1v) is 11.8. The highest BCUT2D eigenvalue weighted by atomic mass is 32.2. The number of hydrogen-bond acceptors (Lipinski definition) is 5. The zero-order chi connectivity index (χ0) is 23.0. The maximum Gasteiger partial charge on any atom is 0.265 e. The van der Waals surface area contributed by atoms with Gasteiger partial charge >= 0.3 is 0 Å². The molecule has 2 N–H and O–H groups in total. The number of piperidine rings is 1. The minimum atomic E-state index is -3.89. The lowest BCUT2D eigenvalue weighted by Gasteiger charge is -2.32. The van der Waals surface area contributed by atoms with Gasteiger partial charge in [0, 0.05) is 24.8 Å². The molecule has 0 saturated carbocycles. The van der Waals surface area contributed by atoms with E-state index in [9.17, 15) is 22.4 Å². The van der Waals surface area contributed by atoms with Crippen LogP contribution >= 0.6 is 0 Å². The Kier molecular flexibility index (Phi) is 5.91. The van der Waals surface area contributed by atoms with Crippen LogP contribution in [0.25, 0.3) is 0 Å². The zero-order valence-electron chi connectivity index (χ0n) is 17.7. The van der Waals surface area contributed by atoms with E-state index in [-0.39, 0.29) is 23.3 Å². The molecule has 1 saturated heterocycles. The van der Waals surface area contributed by atoms with Crippen LogP contribution in [-0.4, -0.2) is 43.7 Å². The van der Waals surface area contributed by atoms with E-state index < -0.39 is 27.9 Å². The largest absolute Gasteiger partial charge is 0.479 e. The van der Waals surface area contributed by atoms with Crippen molar-refractivity contribution in [3.05, 3.63) is 47.8 Å². The third-order valence-electron chi connectivity index (χ3n) is 5.69. The number of benzene rings is 2. The highest BCUT2D eigenvalue weighted by Crippen LogP contribution is 2.36. The van der Waals surface area contributed by atoms with E-state index in [0.717, 1.165) is 0 Å². The van der Waals surface area contributed by atoms with Crippen molar-refractivity contribution in [3.8, 4) is 5.75 Å². The summed E-state index contributed by atoms with van der Waals surface area (Å²) in [6.45, 7) is 3.58. The molecule has 0 aliphatic carbocycles. The van der Waals surface area contributed by atoms with Gasteiger partial charge in [0.2, 0.25) is 15.9 Å². The first kappa shape index (κ1) is 22.2. The van der Waals surface area contributed by atoms with Gasteiger partial charge < -0.3 is 15.4 Å². The van der Waals surface area contributed by atoms with Crippen molar-refractivity contribution in [3.63, 3.8) is 0 Å².